The number of carbonyl (C=O) groups excluding carboxylic acids is 1. The molecule has 0 aromatic carbocycles. The van der Waals surface area contributed by atoms with Crippen molar-refractivity contribution in [1.82, 2.24) is 0 Å². The summed E-state index contributed by atoms with van der Waals surface area (Å²) in [5, 5.41) is 0. The smallest absolute Gasteiger partial charge is 0.148 e. The molecule has 0 saturated heterocycles. The Morgan fingerprint density at radius 3 is 1.73 bits per heavy atom. The average Bonchev–Trinajstić information content (AvgIpc) is 2.61. The molecule has 0 unspecified atom stereocenters. The molecule has 150 valence electrons. The molecule has 0 aliphatic heterocycles. The first-order valence-electron chi connectivity index (χ1n) is 11.8. The minimum absolute atomic E-state index is 0.138. The Balaban J connectivity index is 1.19. The maximum absolute atomic E-state index is 13.0. The van der Waals surface area contributed by atoms with Gasteiger partial charge in [-0.3, -0.25) is 4.79 Å². The van der Waals surface area contributed by atoms with Gasteiger partial charge in [0, 0.05) is 5.41 Å². The zero-order valence-electron chi connectivity index (χ0n) is 17.3. The highest BCUT2D eigenvalue weighted by Gasteiger charge is 2.53. The van der Waals surface area contributed by atoms with Gasteiger partial charge in [-0.2, -0.15) is 11.8 Å². The van der Waals surface area contributed by atoms with Crippen LogP contribution in [0.15, 0.2) is 0 Å². The summed E-state index contributed by atoms with van der Waals surface area (Å²) < 4.78 is 0. The number of hydrogen-bond donors (Lipinski definition) is 0. The molecule has 4 bridgehead atoms. The van der Waals surface area contributed by atoms with Crippen molar-refractivity contribution in [2.24, 2.45) is 23.2 Å². The van der Waals surface area contributed by atoms with Crippen LogP contribution in [0.1, 0.15) is 110 Å². The van der Waals surface area contributed by atoms with Crippen LogP contribution in [0.3, 0.4) is 0 Å². The lowest BCUT2D eigenvalue weighted by atomic mass is 9.48. The zero-order valence-corrected chi connectivity index (χ0v) is 18.1. The van der Waals surface area contributed by atoms with Crippen molar-refractivity contribution >= 4 is 17.5 Å². The molecule has 1 nitrogen and oxygen atoms in total. The molecule has 0 amide bonds. The molecule has 4 aliphatic carbocycles. The van der Waals surface area contributed by atoms with Gasteiger partial charge in [0.15, 0.2) is 0 Å². The van der Waals surface area contributed by atoms with Crippen molar-refractivity contribution in [3.8, 4) is 0 Å². The van der Waals surface area contributed by atoms with E-state index in [0.717, 1.165) is 23.5 Å². The number of carbonyl (C=O) groups is 1. The Bertz CT molecular complexity index is 395. The Morgan fingerprint density at radius 2 is 1.23 bits per heavy atom. The highest BCUT2D eigenvalue weighted by atomic mass is 32.2. The fourth-order valence-electron chi connectivity index (χ4n) is 6.46. The molecule has 4 rings (SSSR count). The molecule has 2 heteroatoms. The van der Waals surface area contributed by atoms with Crippen molar-refractivity contribution in [2.45, 2.75) is 110 Å². The van der Waals surface area contributed by atoms with E-state index >= 15 is 0 Å². The minimum Gasteiger partial charge on any atom is -0.298 e. The van der Waals surface area contributed by atoms with Crippen LogP contribution in [0.2, 0.25) is 0 Å². The molecule has 26 heavy (non-hydrogen) atoms. The Labute approximate surface area is 166 Å². The van der Waals surface area contributed by atoms with Gasteiger partial charge < -0.3 is 0 Å². The fraction of sp³-hybridized carbons (Fsp3) is 0.958. The van der Waals surface area contributed by atoms with Crippen LogP contribution in [0.5, 0.6) is 0 Å². The first-order chi connectivity index (χ1) is 12.7. The van der Waals surface area contributed by atoms with Gasteiger partial charge in [0.25, 0.3) is 0 Å². The zero-order chi connectivity index (χ0) is 18.2. The minimum atomic E-state index is 0.138. The van der Waals surface area contributed by atoms with E-state index < -0.39 is 0 Å². The number of ketones is 1. The van der Waals surface area contributed by atoms with Gasteiger partial charge in [-0.15, -0.1) is 0 Å². The lowest BCUT2D eigenvalue weighted by molar-refractivity contribution is -0.141. The molecule has 0 N–H and O–H groups in total. The van der Waals surface area contributed by atoms with Gasteiger partial charge in [-0.1, -0.05) is 64.7 Å². The maximum Gasteiger partial charge on any atom is 0.148 e. The number of rotatable bonds is 14. The summed E-state index contributed by atoms with van der Waals surface area (Å²) >= 11 is 1.94. The normalized spacial score (nSPS) is 32.3. The quantitative estimate of drug-likeness (QED) is 0.292. The lowest BCUT2D eigenvalue weighted by Crippen LogP contribution is -2.50. The van der Waals surface area contributed by atoms with Crippen LogP contribution in [-0.2, 0) is 4.79 Å². The number of hydrogen-bond acceptors (Lipinski definition) is 2. The van der Waals surface area contributed by atoms with Crippen LogP contribution < -0.4 is 0 Å². The summed E-state index contributed by atoms with van der Waals surface area (Å²) in [5.41, 5.74) is 0.138. The van der Waals surface area contributed by atoms with E-state index in [1.807, 2.05) is 11.8 Å². The van der Waals surface area contributed by atoms with Crippen LogP contribution in [-0.4, -0.2) is 17.3 Å². The van der Waals surface area contributed by atoms with E-state index in [2.05, 4.69) is 6.92 Å². The molecular formula is C24H42OS. The van der Waals surface area contributed by atoms with E-state index in [9.17, 15) is 4.79 Å². The van der Waals surface area contributed by atoms with E-state index in [1.165, 1.54) is 108 Å². The molecule has 4 aliphatic rings. The summed E-state index contributed by atoms with van der Waals surface area (Å²) in [4.78, 5) is 13.0. The van der Waals surface area contributed by atoms with Crippen LogP contribution >= 0.6 is 11.8 Å². The van der Waals surface area contributed by atoms with Gasteiger partial charge >= 0.3 is 0 Å². The summed E-state index contributed by atoms with van der Waals surface area (Å²) in [6.07, 6.45) is 22.1. The third kappa shape index (κ3) is 5.76. The fourth-order valence-corrected chi connectivity index (χ4v) is 7.51. The van der Waals surface area contributed by atoms with Crippen molar-refractivity contribution in [3.63, 3.8) is 0 Å². The molecule has 0 atom stereocenters. The molecule has 4 saturated carbocycles. The van der Waals surface area contributed by atoms with Crippen molar-refractivity contribution in [1.29, 1.82) is 0 Å². The second-order valence-electron chi connectivity index (χ2n) is 9.86. The van der Waals surface area contributed by atoms with Crippen LogP contribution in [0.25, 0.3) is 0 Å². The monoisotopic (exact) mass is 378 g/mol. The van der Waals surface area contributed by atoms with Crippen molar-refractivity contribution in [3.05, 3.63) is 0 Å². The standard InChI is InChI=1S/C24H42OS/c1-2-3-4-5-6-7-8-9-10-11-12-26-19-23(25)24-16-20-13-21(17-24)15-22(14-20)18-24/h20-22H,2-19H2,1H3. The maximum atomic E-state index is 13.0. The van der Waals surface area contributed by atoms with Crippen molar-refractivity contribution < 1.29 is 4.79 Å². The first kappa shape index (κ1) is 20.7. The predicted octanol–water partition coefficient (Wildman–Crippen LogP) is 7.43. The molecule has 4 fully saturated rings. The molecule has 0 spiro atoms. The summed E-state index contributed by atoms with van der Waals surface area (Å²) in [6.45, 7) is 2.29. The largest absolute Gasteiger partial charge is 0.298 e. The Morgan fingerprint density at radius 1 is 0.769 bits per heavy atom. The second-order valence-corrected chi connectivity index (χ2v) is 11.0. The number of thioether (sulfide) groups is 1. The predicted molar refractivity (Wildman–Crippen MR) is 115 cm³/mol. The first-order valence-corrected chi connectivity index (χ1v) is 13.0. The average molecular weight is 379 g/mol. The number of unbranched alkanes of at least 4 members (excludes halogenated alkanes) is 9. The molecule has 0 aromatic heterocycles. The van der Waals surface area contributed by atoms with Crippen molar-refractivity contribution in [2.75, 3.05) is 11.5 Å². The van der Waals surface area contributed by atoms with Gasteiger partial charge in [-0.25, -0.2) is 0 Å². The third-order valence-corrected chi connectivity index (χ3v) is 8.55. The third-order valence-electron chi connectivity index (χ3n) is 7.51. The Hall–Kier alpha value is 0.0200. The van der Waals surface area contributed by atoms with E-state index in [-0.39, 0.29) is 5.41 Å². The van der Waals surface area contributed by atoms with E-state index in [0.29, 0.717) is 5.78 Å². The van der Waals surface area contributed by atoms with E-state index in [1.54, 1.807) is 0 Å². The molecular weight excluding hydrogens is 336 g/mol. The SMILES string of the molecule is CCCCCCCCCCCCSCC(=O)C12CC3CC(CC(C3)C1)C2. The van der Waals surface area contributed by atoms with Crippen LogP contribution in [0.4, 0.5) is 0 Å². The highest BCUT2D eigenvalue weighted by molar-refractivity contribution is 7.99. The lowest BCUT2D eigenvalue weighted by Gasteiger charge is -2.56. The van der Waals surface area contributed by atoms with Crippen LogP contribution in [0, 0.1) is 23.2 Å². The summed E-state index contributed by atoms with van der Waals surface area (Å²) in [6, 6.07) is 0. The summed E-state index contributed by atoms with van der Waals surface area (Å²) in [5.74, 6) is 5.35. The topological polar surface area (TPSA) is 17.1 Å². The molecule has 0 heterocycles. The highest BCUT2D eigenvalue weighted by Crippen LogP contribution is 2.60. The van der Waals surface area contributed by atoms with Gasteiger partial charge in [0.05, 0.1) is 5.75 Å². The van der Waals surface area contributed by atoms with Gasteiger partial charge in [-0.05, 0) is 68.5 Å². The number of Topliss-reactive ketones (excluding diaryl/α,β-unsaturated/α-hetero) is 1. The molecule has 0 aromatic rings. The van der Waals surface area contributed by atoms with Gasteiger partial charge in [0.2, 0.25) is 0 Å². The van der Waals surface area contributed by atoms with Gasteiger partial charge in [0.1, 0.15) is 5.78 Å². The second kappa shape index (κ2) is 10.5. The Kier molecular flexibility index (Phi) is 8.40. The summed E-state index contributed by atoms with van der Waals surface area (Å²) in [7, 11) is 0. The van der Waals surface area contributed by atoms with E-state index in [4.69, 9.17) is 0 Å². The molecule has 0 radical (unpaired) electrons.